The first-order valence-corrected chi connectivity index (χ1v) is 10.5. The molecule has 2 aromatic heterocycles. The average molecular weight is 403 g/mol. The Morgan fingerprint density at radius 3 is 2.63 bits per heavy atom. The number of thiazole rings is 1. The fourth-order valence-electron chi connectivity index (χ4n) is 2.37. The Labute approximate surface area is 161 Å². The van der Waals surface area contributed by atoms with Gasteiger partial charge in [-0.3, -0.25) is 9.78 Å². The first-order chi connectivity index (χ1) is 13.0. The van der Waals surface area contributed by atoms with Gasteiger partial charge in [-0.25, -0.2) is 18.1 Å². The highest BCUT2D eigenvalue weighted by Gasteiger charge is 2.11. The van der Waals surface area contributed by atoms with E-state index in [2.05, 4.69) is 20.0 Å². The number of aromatic nitrogens is 2. The van der Waals surface area contributed by atoms with E-state index in [0.717, 1.165) is 16.8 Å². The molecule has 3 rings (SSSR count). The second-order valence-electron chi connectivity index (χ2n) is 5.68. The summed E-state index contributed by atoms with van der Waals surface area (Å²) < 4.78 is 25.7. The number of benzene rings is 1. The standard InChI is InChI=1S/C18H18N4O3S2/c1-19-27(24,25)15-7-4-13(5-8-15)6-9-17(23)22-18-21-16(12-26-18)14-3-2-10-20-11-14/h2-5,7-8,10-12,19H,6,9H2,1H3,(H,21,22,23). The maximum atomic E-state index is 12.1. The molecule has 140 valence electrons. The molecule has 0 unspecified atom stereocenters. The number of anilines is 1. The number of hydrogen-bond donors (Lipinski definition) is 2. The van der Waals surface area contributed by atoms with Gasteiger partial charge in [0, 0.05) is 29.8 Å². The summed E-state index contributed by atoms with van der Waals surface area (Å²) in [5.41, 5.74) is 2.55. The molecule has 0 bridgehead atoms. The molecular weight excluding hydrogens is 384 g/mol. The van der Waals surface area contributed by atoms with Crippen LogP contribution in [0.15, 0.2) is 59.1 Å². The molecule has 0 spiro atoms. The molecule has 0 radical (unpaired) electrons. The number of aryl methyl sites for hydroxylation is 1. The second-order valence-corrected chi connectivity index (χ2v) is 8.42. The van der Waals surface area contributed by atoms with Crippen molar-refractivity contribution in [3.05, 3.63) is 59.7 Å². The lowest BCUT2D eigenvalue weighted by Crippen LogP contribution is -2.18. The molecule has 0 aliphatic rings. The zero-order valence-corrected chi connectivity index (χ0v) is 16.2. The molecule has 0 aliphatic heterocycles. The zero-order valence-electron chi connectivity index (χ0n) is 14.5. The zero-order chi connectivity index (χ0) is 19.3. The third-order valence-electron chi connectivity index (χ3n) is 3.85. The fourth-order valence-corrected chi connectivity index (χ4v) is 3.84. The first-order valence-electron chi connectivity index (χ1n) is 8.16. The Kier molecular flexibility index (Phi) is 5.94. The minimum atomic E-state index is -3.45. The Hall–Kier alpha value is -2.62. The molecule has 0 atom stereocenters. The van der Waals surface area contributed by atoms with Gasteiger partial charge in [-0.05, 0) is 43.3 Å². The first kappa shape index (κ1) is 19.2. The van der Waals surface area contributed by atoms with Crippen LogP contribution in [0, 0.1) is 0 Å². The number of pyridine rings is 1. The molecule has 0 saturated carbocycles. The molecule has 9 heteroatoms. The maximum Gasteiger partial charge on any atom is 0.240 e. The van der Waals surface area contributed by atoms with Crippen molar-refractivity contribution in [1.29, 1.82) is 0 Å². The minimum Gasteiger partial charge on any atom is -0.302 e. The largest absolute Gasteiger partial charge is 0.302 e. The van der Waals surface area contributed by atoms with Crippen LogP contribution in [0.3, 0.4) is 0 Å². The van der Waals surface area contributed by atoms with Gasteiger partial charge in [0.1, 0.15) is 0 Å². The fraction of sp³-hybridized carbons (Fsp3) is 0.167. The third kappa shape index (κ3) is 4.97. The molecule has 2 heterocycles. The number of hydrogen-bond acceptors (Lipinski definition) is 6. The van der Waals surface area contributed by atoms with Crippen LogP contribution in [0.4, 0.5) is 5.13 Å². The summed E-state index contributed by atoms with van der Waals surface area (Å²) in [6.07, 6.45) is 4.20. The molecule has 27 heavy (non-hydrogen) atoms. The summed E-state index contributed by atoms with van der Waals surface area (Å²) in [6.45, 7) is 0. The summed E-state index contributed by atoms with van der Waals surface area (Å²) in [6, 6.07) is 10.2. The molecule has 7 nitrogen and oxygen atoms in total. The SMILES string of the molecule is CNS(=O)(=O)c1ccc(CCC(=O)Nc2nc(-c3cccnc3)cs2)cc1. The summed E-state index contributed by atoms with van der Waals surface area (Å²) in [7, 11) is -2.08. The van der Waals surface area contributed by atoms with Crippen molar-refractivity contribution < 1.29 is 13.2 Å². The topological polar surface area (TPSA) is 101 Å². The van der Waals surface area contributed by atoms with Crippen molar-refractivity contribution in [1.82, 2.24) is 14.7 Å². The van der Waals surface area contributed by atoms with E-state index in [-0.39, 0.29) is 17.2 Å². The van der Waals surface area contributed by atoms with Gasteiger partial charge in [0.15, 0.2) is 5.13 Å². The van der Waals surface area contributed by atoms with Gasteiger partial charge in [0.05, 0.1) is 10.6 Å². The summed E-state index contributed by atoms with van der Waals surface area (Å²) in [5.74, 6) is -0.144. The van der Waals surface area contributed by atoms with E-state index in [0.29, 0.717) is 11.6 Å². The monoisotopic (exact) mass is 402 g/mol. The number of rotatable bonds is 7. The van der Waals surface area contributed by atoms with Crippen LogP contribution in [-0.2, 0) is 21.2 Å². The van der Waals surface area contributed by atoms with Crippen molar-refractivity contribution >= 4 is 32.4 Å². The summed E-state index contributed by atoms with van der Waals surface area (Å²) >= 11 is 1.36. The molecule has 0 saturated heterocycles. The van der Waals surface area contributed by atoms with Gasteiger partial charge in [-0.1, -0.05) is 12.1 Å². The number of nitrogens with zero attached hydrogens (tertiary/aromatic N) is 2. The van der Waals surface area contributed by atoms with Gasteiger partial charge in [-0.15, -0.1) is 11.3 Å². The van der Waals surface area contributed by atoms with Crippen LogP contribution in [-0.4, -0.2) is 31.3 Å². The molecule has 0 fully saturated rings. The molecule has 1 amide bonds. The van der Waals surface area contributed by atoms with Crippen molar-refractivity contribution in [2.24, 2.45) is 0 Å². The van der Waals surface area contributed by atoms with E-state index < -0.39 is 10.0 Å². The smallest absolute Gasteiger partial charge is 0.240 e. The van der Waals surface area contributed by atoms with Crippen LogP contribution in [0.25, 0.3) is 11.3 Å². The van der Waals surface area contributed by atoms with Crippen molar-refractivity contribution in [2.75, 3.05) is 12.4 Å². The Morgan fingerprint density at radius 1 is 1.19 bits per heavy atom. The Morgan fingerprint density at radius 2 is 1.96 bits per heavy atom. The quantitative estimate of drug-likeness (QED) is 0.633. The predicted molar refractivity (Wildman–Crippen MR) is 105 cm³/mol. The van der Waals surface area contributed by atoms with Crippen LogP contribution in [0.1, 0.15) is 12.0 Å². The van der Waals surface area contributed by atoms with Crippen LogP contribution >= 0.6 is 11.3 Å². The lowest BCUT2D eigenvalue weighted by Gasteiger charge is -2.05. The van der Waals surface area contributed by atoms with E-state index in [1.165, 1.54) is 30.5 Å². The van der Waals surface area contributed by atoms with Crippen molar-refractivity contribution in [2.45, 2.75) is 17.7 Å². The van der Waals surface area contributed by atoms with E-state index in [4.69, 9.17) is 0 Å². The number of amides is 1. The van der Waals surface area contributed by atoms with Crippen LogP contribution in [0.5, 0.6) is 0 Å². The molecular formula is C18H18N4O3S2. The van der Waals surface area contributed by atoms with E-state index in [1.807, 2.05) is 17.5 Å². The van der Waals surface area contributed by atoms with Crippen LogP contribution in [0.2, 0.25) is 0 Å². The highest BCUT2D eigenvalue weighted by Crippen LogP contribution is 2.24. The van der Waals surface area contributed by atoms with E-state index in [1.54, 1.807) is 24.5 Å². The van der Waals surface area contributed by atoms with Gasteiger partial charge in [-0.2, -0.15) is 0 Å². The number of carbonyl (C=O) groups is 1. The second kappa shape index (κ2) is 8.38. The van der Waals surface area contributed by atoms with Gasteiger partial charge in [0.25, 0.3) is 0 Å². The number of sulfonamides is 1. The van der Waals surface area contributed by atoms with Gasteiger partial charge < -0.3 is 5.32 Å². The van der Waals surface area contributed by atoms with E-state index in [9.17, 15) is 13.2 Å². The van der Waals surface area contributed by atoms with Gasteiger partial charge in [0.2, 0.25) is 15.9 Å². The Bertz CT molecular complexity index is 1020. The number of carbonyl (C=O) groups excluding carboxylic acids is 1. The normalized spacial score (nSPS) is 11.3. The Balaban J connectivity index is 1.55. The van der Waals surface area contributed by atoms with Crippen molar-refractivity contribution in [3.8, 4) is 11.3 Å². The summed E-state index contributed by atoms with van der Waals surface area (Å²) in [5, 5.41) is 5.19. The number of nitrogens with one attached hydrogen (secondary N) is 2. The third-order valence-corrected chi connectivity index (χ3v) is 6.04. The predicted octanol–water partition coefficient (Wildman–Crippen LogP) is 2.68. The van der Waals surface area contributed by atoms with Gasteiger partial charge >= 0.3 is 0 Å². The lowest BCUT2D eigenvalue weighted by atomic mass is 10.1. The van der Waals surface area contributed by atoms with E-state index >= 15 is 0 Å². The molecule has 0 aliphatic carbocycles. The molecule has 1 aromatic carbocycles. The average Bonchev–Trinajstić information content (AvgIpc) is 3.16. The summed E-state index contributed by atoms with van der Waals surface area (Å²) in [4.78, 5) is 20.8. The lowest BCUT2D eigenvalue weighted by molar-refractivity contribution is -0.116. The highest BCUT2D eigenvalue weighted by molar-refractivity contribution is 7.89. The highest BCUT2D eigenvalue weighted by atomic mass is 32.2. The maximum absolute atomic E-state index is 12.1. The van der Waals surface area contributed by atoms with Crippen LogP contribution < -0.4 is 10.0 Å². The van der Waals surface area contributed by atoms with Crippen molar-refractivity contribution in [3.63, 3.8) is 0 Å². The minimum absolute atomic E-state index is 0.144. The molecule has 2 N–H and O–H groups in total. The molecule has 3 aromatic rings.